The smallest absolute Gasteiger partial charge is 0.106 e. The van der Waals surface area contributed by atoms with Gasteiger partial charge < -0.3 is 9.88 Å². The fraction of sp³-hybridized carbons (Fsp3) is 0.769. The number of nitrogens with zero attached hydrogens (tertiary/aromatic N) is 2. The van der Waals surface area contributed by atoms with E-state index in [1.807, 2.05) is 0 Å². The highest BCUT2D eigenvalue weighted by molar-refractivity contribution is 5.20. The number of imidazole rings is 1. The van der Waals surface area contributed by atoms with Gasteiger partial charge in [-0.15, -0.1) is 0 Å². The van der Waals surface area contributed by atoms with Crippen molar-refractivity contribution in [2.45, 2.75) is 53.1 Å². The molecule has 2 atom stereocenters. The van der Waals surface area contributed by atoms with E-state index in [1.54, 1.807) is 0 Å². The minimum atomic E-state index is 0.569. The Morgan fingerprint density at radius 1 is 1.44 bits per heavy atom. The summed E-state index contributed by atoms with van der Waals surface area (Å²) in [4.78, 5) is 4.69. The van der Waals surface area contributed by atoms with Crippen molar-refractivity contribution in [1.82, 2.24) is 14.9 Å². The van der Waals surface area contributed by atoms with Crippen LogP contribution in [0.3, 0.4) is 0 Å². The predicted molar refractivity (Wildman–Crippen MR) is 66.5 cm³/mol. The quantitative estimate of drug-likeness (QED) is 0.849. The summed E-state index contributed by atoms with van der Waals surface area (Å²) in [6, 6.07) is 0.569. The van der Waals surface area contributed by atoms with E-state index in [9.17, 15) is 0 Å². The molecule has 0 aliphatic carbocycles. The van der Waals surface area contributed by atoms with E-state index in [0.717, 1.165) is 19.5 Å². The van der Waals surface area contributed by atoms with Gasteiger partial charge in [-0.05, 0) is 19.8 Å². The molecule has 1 N–H and O–H groups in total. The van der Waals surface area contributed by atoms with Gasteiger partial charge in [0, 0.05) is 31.2 Å². The van der Waals surface area contributed by atoms with Gasteiger partial charge in [0.25, 0.3) is 0 Å². The maximum absolute atomic E-state index is 4.69. The summed E-state index contributed by atoms with van der Waals surface area (Å²) < 4.78 is 2.46. The van der Waals surface area contributed by atoms with Gasteiger partial charge in [0.2, 0.25) is 0 Å². The minimum Gasteiger partial charge on any atom is -0.329 e. The number of aromatic nitrogens is 2. The third-order valence-corrected chi connectivity index (χ3v) is 3.98. The molecule has 0 amide bonds. The van der Waals surface area contributed by atoms with Crippen LogP contribution in [0.1, 0.15) is 50.4 Å². The molecule has 0 aromatic carbocycles. The molecule has 2 heterocycles. The van der Waals surface area contributed by atoms with Gasteiger partial charge in [-0.1, -0.05) is 20.3 Å². The first-order chi connectivity index (χ1) is 7.65. The van der Waals surface area contributed by atoms with Crippen molar-refractivity contribution in [3.63, 3.8) is 0 Å². The van der Waals surface area contributed by atoms with Gasteiger partial charge in [-0.2, -0.15) is 0 Å². The fourth-order valence-corrected chi connectivity index (χ4v) is 2.60. The molecule has 0 saturated carbocycles. The van der Waals surface area contributed by atoms with Gasteiger partial charge in [-0.3, -0.25) is 0 Å². The van der Waals surface area contributed by atoms with Crippen molar-refractivity contribution in [2.24, 2.45) is 5.92 Å². The summed E-state index contributed by atoms with van der Waals surface area (Å²) in [5, 5.41) is 3.39. The molecule has 0 saturated heterocycles. The first kappa shape index (κ1) is 11.6. The van der Waals surface area contributed by atoms with Crippen LogP contribution in [-0.4, -0.2) is 16.1 Å². The lowest BCUT2D eigenvalue weighted by Gasteiger charge is -2.25. The van der Waals surface area contributed by atoms with Gasteiger partial charge in [0.15, 0.2) is 0 Å². The molecule has 0 spiro atoms. The van der Waals surface area contributed by atoms with E-state index in [0.29, 0.717) is 12.0 Å². The molecule has 3 nitrogen and oxygen atoms in total. The van der Waals surface area contributed by atoms with E-state index in [4.69, 9.17) is 0 Å². The van der Waals surface area contributed by atoms with Crippen molar-refractivity contribution in [3.8, 4) is 0 Å². The number of hydrogen-bond donors (Lipinski definition) is 1. The molecule has 2 rings (SSSR count). The molecule has 3 heteroatoms. The lowest BCUT2D eigenvalue weighted by Crippen LogP contribution is -2.26. The van der Waals surface area contributed by atoms with Crippen LogP contribution in [0.15, 0.2) is 0 Å². The Bertz CT molecular complexity index is 367. The van der Waals surface area contributed by atoms with E-state index < -0.39 is 0 Å². The number of nitrogens with one attached hydrogen (secondary N) is 1. The first-order valence-corrected chi connectivity index (χ1v) is 6.42. The maximum atomic E-state index is 4.69. The first-order valence-electron chi connectivity index (χ1n) is 6.42. The van der Waals surface area contributed by atoms with Crippen LogP contribution in [0.5, 0.6) is 0 Å². The standard InChI is InChI=1S/C13H23N3/c1-5-9(2)10(3)16-11(4)15-12-8-14-7-6-13(12)16/h9-10,14H,5-8H2,1-4H3. The number of hydrogen-bond acceptors (Lipinski definition) is 2. The fourth-order valence-electron chi connectivity index (χ4n) is 2.60. The van der Waals surface area contributed by atoms with Crippen LogP contribution in [-0.2, 0) is 13.0 Å². The third-order valence-electron chi connectivity index (χ3n) is 3.98. The Hall–Kier alpha value is -0.830. The van der Waals surface area contributed by atoms with Crippen molar-refractivity contribution < 1.29 is 0 Å². The third kappa shape index (κ3) is 1.88. The molecule has 16 heavy (non-hydrogen) atoms. The van der Waals surface area contributed by atoms with Crippen LogP contribution in [0.2, 0.25) is 0 Å². The molecule has 0 radical (unpaired) electrons. The lowest BCUT2D eigenvalue weighted by molar-refractivity contribution is 0.354. The zero-order valence-corrected chi connectivity index (χ0v) is 10.9. The Morgan fingerprint density at radius 2 is 2.19 bits per heavy atom. The van der Waals surface area contributed by atoms with Crippen molar-refractivity contribution in [1.29, 1.82) is 0 Å². The molecule has 90 valence electrons. The van der Waals surface area contributed by atoms with Crippen molar-refractivity contribution >= 4 is 0 Å². The predicted octanol–water partition coefficient (Wildman–Crippen LogP) is 2.44. The number of rotatable bonds is 3. The molecule has 2 unspecified atom stereocenters. The Kier molecular flexibility index (Phi) is 3.33. The van der Waals surface area contributed by atoms with Gasteiger partial charge in [-0.25, -0.2) is 4.98 Å². The Balaban J connectivity index is 2.36. The Labute approximate surface area is 98.3 Å². The SMILES string of the molecule is CCC(C)C(C)n1c(C)nc2c1CCNC2. The molecule has 1 aliphatic heterocycles. The van der Waals surface area contributed by atoms with Crippen molar-refractivity contribution in [2.75, 3.05) is 6.54 Å². The van der Waals surface area contributed by atoms with E-state index in [2.05, 4.69) is 42.6 Å². The van der Waals surface area contributed by atoms with Gasteiger partial charge in [0.1, 0.15) is 5.82 Å². The van der Waals surface area contributed by atoms with Crippen molar-refractivity contribution in [3.05, 3.63) is 17.2 Å². The second-order valence-corrected chi connectivity index (χ2v) is 4.98. The van der Waals surface area contributed by atoms with E-state index >= 15 is 0 Å². The number of fused-ring (bicyclic) bond motifs is 1. The summed E-state index contributed by atoms with van der Waals surface area (Å²) in [5.41, 5.74) is 2.72. The van der Waals surface area contributed by atoms with Crippen LogP contribution in [0.25, 0.3) is 0 Å². The van der Waals surface area contributed by atoms with Crippen LogP contribution >= 0.6 is 0 Å². The van der Waals surface area contributed by atoms with E-state index in [1.165, 1.54) is 23.6 Å². The second-order valence-electron chi connectivity index (χ2n) is 4.98. The summed E-state index contributed by atoms with van der Waals surface area (Å²) in [5.74, 6) is 1.90. The van der Waals surface area contributed by atoms with Gasteiger partial charge in [0.05, 0.1) is 5.69 Å². The van der Waals surface area contributed by atoms with Gasteiger partial charge >= 0.3 is 0 Å². The largest absolute Gasteiger partial charge is 0.329 e. The molecular formula is C13H23N3. The Morgan fingerprint density at radius 3 is 2.88 bits per heavy atom. The van der Waals surface area contributed by atoms with E-state index in [-0.39, 0.29) is 0 Å². The molecule has 0 fully saturated rings. The molecular weight excluding hydrogens is 198 g/mol. The van der Waals surface area contributed by atoms with Crippen LogP contribution < -0.4 is 5.32 Å². The molecule has 0 bridgehead atoms. The summed E-state index contributed by atoms with van der Waals surface area (Å²) >= 11 is 0. The number of aryl methyl sites for hydroxylation is 1. The molecule has 1 aromatic heterocycles. The van der Waals surface area contributed by atoms with Crippen LogP contribution in [0.4, 0.5) is 0 Å². The average molecular weight is 221 g/mol. The zero-order chi connectivity index (χ0) is 11.7. The average Bonchev–Trinajstić information content (AvgIpc) is 2.63. The molecule has 1 aliphatic rings. The summed E-state index contributed by atoms with van der Waals surface area (Å²) in [6.45, 7) is 11.1. The highest BCUT2D eigenvalue weighted by atomic mass is 15.1. The minimum absolute atomic E-state index is 0.569. The monoisotopic (exact) mass is 221 g/mol. The zero-order valence-electron chi connectivity index (χ0n) is 10.9. The second kappa shape index (κ2) is 4.58. The topological polar surface area (TPSA) is 29.9 Å². The highest BCUT2D eigenvalue weighted by Crippen LogP contribution is 2.27. The summed E-state index contributed by atoms with van der Waals surface area (Å²) in [7, 11) is 0. The maximum Gasteiger partial charge on any atom is 0.106 e. The summed E-state index contributed by atoms with van der Waals surface area (Å²) in [6.07, 6.45) is 2.35. The lowest BCUT2D eigenvalue weighted by atomic mass is 9.99. The molecule has 1 aromatic rings. The normalized spacial score (nSPS) is 19.2. The van der Waals surface area contributed by atoms with Crippen LogP contribution in [0, 0.1) is 12.8 Å². The highest BCUT2D eigenvalue weighted by Gasteiger charge is 2.22.